The number of rotatable bonds is 3. The highest BCUT2D eigenvalue weighted by molar-refractivity contribution is 5.95. The number of urea groups is 1. The molecular formula is C19H24N2O3. The first-order valence-electron chi connectivity index (χ1n) is 8.51. The molecule has 0 saturated heterocycles. The van der Waals surface area contributed by atoms with E-state index in [1.54, 1.807) is 6.92 Å². The summed E-state index contributed by atoms with van der Waals surface area (Å²) in [5.74, 6) is 0.0446. The largest absolute Gasteiger partial charge is 0.459 e. The Kier molecular flexibility index (Phi) is 4.60. The Bertz CT molecular complexity index is 678. The molecule has 3 rings (SSSR count). The number of esters is 1. The molecule has 1 aliphatic carbocycles. The number of carbonyl (C=O) groups is 2. The SMILES string of the molecule is CC1=C(C(=O)O[C@H]2CCC[C@@H]2C)[C@H](c2ccc(C)cc2)NC(=O)N1. The van der Waals surface area contributed by atoms with Crippen molar-refractivity contribution < 1.29 is 14.3 Å². The Hall–Kier alpha value is -2.30. The second-order valence-corrected chi connectivity index (χ2v) is 6.83. The van der Waals surface area contributed by atoms with Crippen LogP contribution >= 0.6 is 0 Å². The van der Waals surface area contributed by atoms with Crippen molar-refractivity contribution in [2.75, 3.05) is 0 Å². The van der Waals surface area contributed by atoms with E-state index in [0.717, 1.165) is 30.4 Å². The van der Waals surface area contributed by atoms with Crippen LogP contribution in [0.2, 0.25) is 0 Å². The van der Waals surface area contributed by atoms with Crippen LogP contribution in [0, 0.1) is 12.8 Å². The zero-order valence-corrected chi connectivity index (χ0v) is 14.4. The van der Waals surface area contributed by atoms with E-state index in [4.69, 9.17) is 4.74 Å². The quantitative estimate of drug-likeness (QED) is 0.836. The van der Waals surface area contributed by atoms with E-state index < -0.39 is 6.04 Å². The lowest BCUT2D eigenvalue weighted by Crippen LogP contribution is -2.45. The Balaban J connectivity index is 1.88. The molecule has 0 spiro atoms. The Morgan fingerprint density at radius 1 is 1.17 bits per heavy atom. The minimum Gasteiger partial charge on any atom is -0.459 e. The van der Waals surface area contributed by atoms with E-state index in [-0.39, 0.29) is 18.1 Å². The average Bonchev–Trinajstić information content (AvgIpc) is 2.92. The van der Waals surface area contributed by atoms with E-state index in [2.05, 4.69) is 17.6 Å². The van der Waals surface area contributed by atoms with Gasteiger partial charge >= 0.3 is 12.0 Å². The van der Waals surface area contributed by atoms with Crippen molar-refractivity contribution in [3.8, 4) is 0 Å². The van der Waals surface area contributed by atoms with Crippen LogP contribution < -0.4 is 10.6 Å². The van der Waals surface area contributed by atoms with Gasteiger partial charge in [0.25, 0.3) is 0 Å². The molecule has 0 radical (unpaired) electrons. The number of hydrogen-bond acceptors (Lipinski definition) is 3. The van der Waals surface area contributed by atoms with E-state index in [1.165, 1.54) is 0 Å². The summed E-state index contributed by atoms with van der Waals surface area (Å²) in [4.78, 5) is 24.7. The molecule has 0 bridgehead atoms. The van der Waals surface area contributed by atoms with Gasteiger partial charge in [0.1, 0.15) is 6.10 Å². The van der Waals surface area contributed by atoms with Gasteiger partial charge in [0.05, 0.1) is 11.6 Å². The summed E-state index contributed by atoms with van der Waals surface area (Å²) < 4.78 is 5.76. The van der Waals surface area contributed by atoms with Gasteiger partial charge in [-0.1, -0.05) is 36.8 Å². The first kappa shape index (κ1) is 16.6. The summed E-state index contributed by atoms with van der Waals surface area (Å²) in [6.45, 7) is 5.86. The van der Waals surface area contributed by atoms with Crippen LogP contribution in [-0.2, 0) is 9.53 Å². The highest BCUT2D eigenvalue weighted by atomic mass is 16.5. The highest BCUT2D eigenvalue weighted by Crippen LogP contribution is 2.32. The molecule has 2 aliphatic rings. The third-order valence-electron chi connectivity index (χ3n) is 4.94. The van der Waals surface area contributed by atoms with Gasteiger partial charge in [-0.05, 0) is 44.6 Å². The van der Waals surface area contributed by atoms with Gasteiger partial charge in [-0.3, -0.25) is 0 Å². The summed E-state index contributed by atoms with van der Waals surface area (Å²) in [5, 5.41) is 5.53. The number of benzene rings is 1. The van der Waals surface area contributed by atoms with Crippen LogP contribution in [0.5, 0.6) is 0 Å². The van der Waals surface area contributed by atoms with E-state index in [0.29, 0.717) is 17.2 Å². The van der Waals surface area contributed by atoms with E-state index >= 15 is 0 Å². The second kappa shape index (κ2) is 6.67. The molecule has 1 saturated carbocycles. The number of amides is 2. The lowest BCUT2D eigenvalue weighted by atomic mass is 9.95. The molecule has 2 N–H and O–H groups in total. The molecule has 2 amide bonds. The fraction of sp³-hybridized carbons (Fsp3) is 0.474. The molecule has 24 heavy (non-hydrogen) atoms. The number of ether oxygens (including phenoxy) is 1. The summed E-state index contributed by atoms with van der Waals surface area (Å²) in [7, 11) is 0. The van der Waals surface area contributed by atoms with Gasteiger partial charge in [-0.2, -0.15) is 0 Å². The first-order chi connectivity index (χ1) is 11.5. The van der Waals surface area contributed by atoms with Gasteiger partial charge in [0.2, 0.25) is 0 Å². The Morgan fingerprint density at radius 3 is 2.50 bits per heavy atom. The average molecular weight is 328 g/mol. The van der Waals surface area contributed by atoms with Crippen molar-refractivity contribution in [3.63, 3.8) is 0 Å². The van der Waals surface area contributed by atoms with E-state index in [1.807, 2.05) is 31.2 Å². The Labute approximate surface area is 142 Å². The molecule has 3 atom stereocenters. The van der Waals surface area contributed by atoms with Crippen molar-refractivity contribution in [3.05, 3.63) is 46.7 Å². The maximum Gasteiger partial charge on any atom is 0.338 e. The predicted octanol–water partition coefficient (Wildman–Crippen LogP) is 3.35. The second-order valence-electron chi connectivity index (χ2n) is 6.83. The number of hydrogen-bond donors (Lipinski definition) is 2. The van der Waals surface area contributed by atoms with Crippen LogP contribution in [-0.4, -0.2) is 18.1 Å². The molecule has 128 valence electrons. The summed E-state index contributed by atoms with van der Waals surface area (Å²) >= 11 is 0. The van der Waals surface area contributed by atoms with Gasteiger partial charge in [0, 0.05) is 5.70 Å². The van der Waals surface area contributed by atoms with Gasteiger partial charge < -0.3 is 15.4 Å². The fourth-order valence-corrected chi connectivity index (χ4v) is 3.46. The van der Waals surface area contributed by atoms with Gasteiger partial charge in [-0.25, -0.2) is 9.59 Å². The van der Waals surface area contributed by atoms with Crippen molar-refractivity contribution in [2.24, 2.45) is 5.92 Å². The minimum atomic E-state index is -0.483. The monoisotopic (exact) mass is 328 g/mol. The molecule has 5 heteroatoms. The van der Waals surface area contributed by atoms with Crippen LogP contribution in [0.4, 0.5) is 4.79 Å². The normalized spacial score (nSPS) is 26.8. The molecular weight excluding hydrogens is 304 g/mol. The molecule has 5 nitrogen and oxygen atoms in total. The van der Waals surface area contributed by atoms with Crippen LogP contribution in [0.25, 0.3) is 0 Å². The van der Waals surface area contributed by atoms with Crippen LogP contribution in [0.3, 0.4) is 0 Å². The first-order valence-corrected chi connectivity index (χ1v) is 8.51. The topological polar surface area (TPSA) is 67.4 Å². The van der Waals surface area contributed by atoms with Crippen molar-refractivity contribution in [1.29, 1.82) is 0 Å². The maximum atomic E-state index is 12.8. The van der Waals surface area contributed by atoms with Crippen molar-refractivity contribution >= 4 is 12.0 Å². The standard InChI is InChI=1S/C19H24N2O3/c1-11-7-9-14(10-8-11)17-16(13(3)20-19(23)21-17)18(22)24-15-6-4-5-12(15)2/h7-10,12,15,17H,4-6H2,1-3H3,(H2,20,21,23)/t12-,15-,17-/m0/s1. The summed E-state index contributed by atoms with van der Waals surface area (Å²) in [5.41, 5.74) is 3.04. The van der Waals surface area contributed by atoms with E-state index in [9.17, 15) is 9.59 Å². The summed E-state index contributed by atoms with van der Waals surface area (Å²) in [6, 6.07) is 7.03. The van der Waals surface area contributed by atoms with Gasteiger partial charge in [-0.15, -0.1) is 0 Å². The van der Waals surface area contributed by atoms with Crippen molar-refractivity contribution in [1.82, 2.24) is 10.6 Å². The molecule has 1 fully saturated rings. The summed E-state index contributed by atoms with van der Waals surface area (Å²) in [6.07, 6.45) is 3.06. The third kappa shape index (κ3) is 3.30. The molecule has 1 aromatic rings. The van der Waals surface area contributed by atoms with Gasteiger partial charge in [0.15, 0.2) is 0 Å². The molecule has 1 heterocycles. The van der Waals surface area contributed by atoms with Crippen molar-refractivity contribution in [2.45, 2.75) is 52.2 Å². The minimum absolute atomic E-state index is 0.0332. The predicted molar refractivity (Wildman–Crippen MR) is 91.2 cm³/mol. The van der Waals surface area contributed by atoms with Crippen LogP contribution in [0.15, 0.2) is 35.5 Å². The number of allylic oxidation sites excluding steroid dienone is 1. The molecule has 0 aromatic heterocycles. The Morgan fingerprint density at radius 2 is 1.88 bits per heavy atom. The lowest BCUT2D eigenvalue weighted by molar-refractivity contribution is -0.146. The smallest absolute Gasteiger partial charge is 0.338 e. The highest BCUT2D eigenvalue weighted by Gasteiger charge is 2.35. The molecule has 1 aliphatic heterocycles. The number of carbonyl (C=O) groups excluding carboxylic acids is 2. The van der Waals surface area contributed by atoms with Crippen LogP contribution in [0.1, 0.15) is 50.3 Å². The number of nitrogens with one attached hydrogen (secondary N) is 2. The maximum absolute atomic E-state index is 12.8. The molecule has 0 unspecified atom stereocenters. The molecule has 1 aromatic carbocycles. The zero-order valence-electron chi connectivity index (χ0n) is 14.4. The fourth-order valence-electron chi connectivity index (χ4n) is 3.46. The zero-order chi connectivity index (χ0) is 17.3. The number of aryl methyl sites for hydroxylation is 1. The lowest BCUT2D eigenvalue weighted by Gasteiger charge is -2.29. The third-order valence-corrected chi connectivity index (χ3v) is 4.94.